The van der Waals surface area contributed by atoms with Crippen LogP contribution >= 0.6 is 0 Å². The molecule has 3 unspecified atom stereocenters. The standard InChI is InChI=1S/C37H44N4O6/c42-31-14-13-29(30-12-7-19-39-34(30)31)32(43)23-38-17-4-5-18-40-35(44)26-8-6-11-28(22-26)37(46,27-9-2-1-3-10-27)36(45)47-33-24-41-20-15-25(33)16-21-41/h1-3,6-14,22,25,32-33,38-39,42-43,46H,4-5,15-21,23-24H2,(H,40,44). The third-order valence-electron chi connectivity index (χ3n) is 9.59. The quantitative estimate of drug-likeness (QED) is 0.0940. The molecular weight excluding hydrogens is 596 g/mol. The van der Waals surface area contributed by atoms with Crippen molar-refractivity contribution in [1.29, 1.82) is 0 Å². The van der Waals surface area contributed by atoms with E-state index in [1.54, 1.807) is 60.7 Å². The largest absolute Gasteiger partial charge is 0.506 e. The molecule has 0 aliphatic carbocycles. The number of phenols is 1. The highest BCUT2D eigenvalue weighted by Gasteiger charge is 2.45. The molecule has 6 N–H and O–H groups in total. The monoisotopic (exact) mass is 640 g/mol. The van der Waals surface area contributed by atoms with E-state index in [9.17, 15) is 24.9 Å². The molecule has 1 amide bonds. The van der Waals surface area contributed by atoms with E-state index in [0.29, 0.717) is 55.5 Å². The van der Waals surface area contributed by atoms with Crippen molar-refractivity contribution in [2.45, 2.75) is 43.5 Å². The van der Waals surface area contributed by atoms with E-state index in [0.717, 1.165) is 49.9 Å². The molecule has 2 bridgehead atoms. The topological polar surface area (TPSA) is 143 Å². The van der Waals surface area contributed by atoms with E-state index in [1.807, 2.05) is 18.2 Å². The van der Waals surface area contributed by atoms with Gasteiger partial charge < -0.3 is 36.0 Å². The van der Waals surface area contributed by atoms with Crippen LogP contribution in [0.25, 0.3) is 6.08 Å². The zero-order valence-electron chi connectivity index (χ0n) is 26.5. The highest BCUT2D eigenvalue weighted by atomic mass is 16.6. The predicted molar refractivity (Wildman–Crippen MR) is 180 cm³/mol. The number of piperidine rings is 3. The van der Waals surface area contributed by atoms with Crippen molar-refractivity contribution in [2.75, 3.05) is 51.1 Å². The first kappa shape index (κ1) is 32.7. The van der Waals surface area contributed by atoms with Crippen LogP contribution in [0.1, 0.15) is 64.4 Å². The maximum absolute atomic E-state index is 13.8. The minimum Gasteiger partial charge on any atom is -0.506 e. The molecule has 7 rings (SSSR count). The van der Waals surface area contributed by atoms with Crippen LogP contribution in [0.2, 0.25) is 0 Å². The second-order valence-corrected chi connectivity index (χ2v) is 12.7. The van der Waals surface area contributed by atoms with Crippen molar-refractivity contribution in [2.24, 2.45) is 5.92 Å². The van der Waals surface area contributed by atoms with Gasteiger partial charge in [-0.25, -0.2) is 4.79 Å². The SMILES string of the molecule is O=C(NCCCCNCC(O)c1ccc(O)c2c1C=CCN2)c1cccc(C(O)(C(=O)OC2CN3CCC2CC3)c2ccccc2)c1. The molecule has 4 aliphatic rings. The molecule has 0 radical (unpaired) electrons. The smallest absolute Gasteiger partial charge is 0.348 e. The number of amides is 1. The summed E-state index contributed by atoms with van der Waals surface area (Å²) >= 11 is 0. The molecule has 0 spiro atoms. The van der Waals surface area contributed by atoms with Gasteiger partial charge in [-0.05, 0) is 80.6 Å². The van der Waals surface area contributed by atoms with Crippen LogP contribution in [0.15, 0.2) is 72.8 Å². The molecule has 3 fully saturated rings. The van der Waals surface area contributed by atoms with Gasteiger partial charge in [0, 0.05) is 42.9 Å². The van der Waals surface area contributed by atoms with Crippen LogP contribution in [0.3, 0.4) is 0 Å². The molecule has 10 heteroatoms. The number of carbonyl (C=O) groups is 2. The lowest BCUT2D eigenvalue weighted by atomic mass is 9.84. The Bertz CT molecular complexity index is 1590. The van der Waals surface area contributed by atoms with Gasteiger partial charge in [-0.1, -0.05) is 60.7 Å². The van der Waals surface area contributed by atoms with Crippen LogP contribution < -0.4 is 16.0 Å². The van der Waals surface area contributed by atoms with Crippen LogP contribution in [0.5, 0.6) is 5.75 Å². The van der Waals surface area contributed by atoms with E-state index < -0.39 is 17.7 Å². The summed E-state index contributed by atoms with van der Waals surface area (Å²) in [6.45, 7) is 4.78. The van der Waals surface area contributed by atoms with Crippen LogP contribution in [-0.2, 0) is 15.1 Å². The number of ether oxygens (including phenoxy) is 1. The van der Waals surface area contributed by atoms with Crippen molar-refractivity contribution in [3.8, 4) is 5.75 Å². The van der Waals surface area contributed by atoms with Crippen LogP contribution in [0.4, 0.5) is 5.69 Å². The zero-order valence-corrected chi connectivity index (χ0v) is 26.5. The van der Waals surface area contributed by atoms with E-state index in [2.05, 4.69) is 20.9 Å². The number of hydrogen-bond acceptors (Lipinski definition) is 9. The summed E-state index contributed by atoms with van der Waals surface area (Å²) in [5.41, 5.74) is 1.13. The Labute approximate surface area is 275 Å². The molecule has 4 heterocycles. The van der Waals surface area contributed by atoms with Crippen molar-refractivity contribution in [3.63, 3.8) is 0 Å². The minimum absolute atomic E-state index is 0.163. The predicted octanol–water partition coefficient (Wildman–Crippen LogP) is 3.54. The molecule has 248 valence electrons. The van der Waals surface area contributed by atoms with Gasteiger partial charge in [0.25, 0.3) is 5.91 Å². The van der Waals surface area contributed by atoms with Gasteiger partial charge in [0.1, 0.15) is 11.9 Å². The molecule has 3 aromatic rings. The average Bonchev–Trinajstić information content (AvgIpc) is 3.12. The van der Waals surface area contributed by atoms with Gasteiger partial charge in [-0.15, -0.1) is 0 Å². The fourth-order valence-electron chi connectivity index (χ4n) is 6.88. The lowest BCUT2D eigenvalue weighted by Gasteiger charge is -2.44. The lowest BCUT2D eigenvalue weighted by molar-refractivity contribution is -0.177. The third kappa shape index (κ3) is 7.21. The number of hydrogen-bond donors (Lipinski definition) is 6. The number of unbranched alkanes of at least 4 members (excludes halogenated alkanes) is 1. The number of rotatable bonds is 13. The molecule has 3 aromatic carbocycles. The maximum Gasteiger partial charge on any atom is 0.348 e. The summed E-state index contributed by atoms with van der Waals surface area (Å²) in [5, 5.41) is 42.3. The number of anilines is 1. The molecule has 47 heavy (non-hydrogen) atoms. The Morgan fingerprint density at radius 3 is 2.53 bits per heavy atom. The fourth-order valence-corrected chi connectivity index (χ4v) is 6.88. The van der Waals surface area contributed by atoms with E-state index in [-0.39, 0.29) is 23.3 Å². The van der Waals surface area contributed by atoms with Crippen molar-refractivity contribution < 1.29 is 29.6 Å². The summed E-state index contributed by atoms with van der Waals surface area (Å²) in [6.07, 6.45) is 6.32. The summed E-state index contributed by atoms with van der Waals surface area (Å²) in [7, 11) is 0. The first-order valence-corrected chi connectivity index (χ1v) is 16.6. The Hall–Kier alpha value is -4.22. The van der Waals surface area contributed by atoms with E-state index >= 15 is 0 Å². The van der Waals surface area contributed by atoms with Gasteiger partial charge in [0.15, 0.2) is 0 Å². The highest BCUT2D eigenvalue weighted by Crippen LogP contribution is 2.37. The summed E-state index contributed by atoms with van der Waals surface area (Å²) in [6, 6.07) is 18.6. The molecule has 10 nitrogen and oxygen atoms in total. The lowest BCUT2D eigenvalue weighted by Crippen LogP contribution is -2.53. The number of aliphatic hydroxyl groups excluding tert-OH is 1. The average molecular weight is 641 g/mol. The molecule has 3 atom stereocenters. The highest BCUT2D eigenvalue weighted by molar-refractivity contribution is 5.95. The second kappa shape index (κ2) is 14.7. The molecule has 0 saturated carbocycles. The van der Waals surface area contributed by atoms with Gasteiger partial charge in [-0.3, -0.25) is 9.69 Å². The van der Waals surface area contributed by atoms with Crippen molar-refractivity contribution in [3.05, 3.63) is 101 Å². The van der Waals surface area contributed by atoms with Crippen LogP contribution in [-0.4, -0.2) is 84.0 Å². The summed E-state index contributed by atoms with van der Waals surface area (Å²) in [5.74, 6) is -0.567. The number of aromatic hydroxyl groups is 1. The van der Waals surface area contributed by atoms with Gasteiger partial charge >= 0.3 is 5.97 Å². The summed E-state index contributed by atoms with van der Waals surface area (Å²) < 4.78 is 6.01. The molecule has 4 aliphatic heterocycles. The number of benzene rings is 3. The normalized spacial score (nSPS) is 21.6. The fraction of sp³-hybridized carbons (Fsp3) is 0.405. The Morgan fingerprint density at radius 2 is 1.77 bits per heavy atom. The van der Waals surface area contributed by atoms with E-state index in [1.165, 1.54) is 0 Å². The number of aliphatic hydroxyl groups is 2. The Balaban J connectivity index is 1.01. The first-order valence-electron chi connectivity index (χ1n) is 16.6. The van der Waals surface area contributed by atoms with Gasteiger partial charge in [0.05, 0.1) is 11.8 Å². The zero-order chi connectivity index (χ0) is 32.8. The Morgan fingerprint density at radius 1 is 1.00 bits per heavy atom. The third-order valence-corrected chi connectivity index (χ3v) is 9.59. The number of nitrogens with one attached hydrogen (secondary N) is 3. The van der Waals surface area contributed by atoms with E-state index in [4.69, 9.17) is 4.74 Å². The second-order valence-electron chi connectivity index (χ2n) is 12.7. The number of nitrogens with zero attached hydrogens (tertiary/aromatic N) is 1. The Kier molecular flexibility index (Phi) is 10.2. The summed E-state index contributed by atoms with van der Waals surface area (Å²) in [4.78, 5) is 29.2. The number of esters is 1. The number of carbonyl (C=O) groups excluding carboxylic acids is 2. The van der Waals surface area contributed by atoms with Crippen LogP contribution in [0, 0.1) is 5.92 Å². The first-order chi connectivity index (χ1) is 22.8. The molecular formula is C37H44N4O6. The van der Waals surface area contributed by atoms with Crippen molar-refractivity contribution in [1.82, 2.24) is 15.5 Å². The molecule has 0 aromatic heterocycles. The number of phenolic OH excluding ortho intramolecular Hbond substituents is 1. The van der Waals surface area contributed by atoms with Crippen molar-refractivity contribution >= 4 is 23.6 Å². The van der Waals surface area contributed by atoms with Gasteiger partial charge in [-0.2, -0.15) is 0 Å². The van der Waals surface area contributed by atoms with Gasteiger partial charge in [0.2, 0.25) is 5.60 Å². The molecule has 3 saturated heterocycles. The number of fused-ring (bicyclic) bond motifs is 4. The maximum atomic E-state index is 13.8. The minimum atomic E-state index is -2.06.